The summed E-state index contributed by atoms with van der Waals surface area (Å²) in [5.41, 5.74) is 2.76. The molecule has 7 heteroatoms. The number of carbonyl (C=O) groups is 2. The molecule has 0 aliphatic carbocycles. The van der Waals surface area contributed by atoms with Crippen LogP contribution in [0.3, 0.4) is 0 Å². The Bertz CT molecular complexity index is 855. The zero-order chi connectivity index (χ0) is 19.3. The van der Waals surface area contributed by atoms with Crippen molar-refractivity contribution in [2.75, 3.05) is 0 Å². The van der Waals surface area contributed by atoms with E-state index in [-0.39, 0.29) is 5.70 Å². The van der Waals surface area contributed by atoms with E-state index in [4.69, 9.17) is 4.74 Å². The first-order chi connectivity index (χ1) is 12.3. The molecule has 0 aromatic heterocycles. The maximum atomic E-state index is 11.3. The summed E-state index contributed by atoms with van der Waals surface area (Å²) in [6, 6.07) is 11.7. The molecule has 0 aliphatic heterocycles. The monoisotopic (exact) mass is 577 g/mol. The van der Waals surface area contributed by atoms with Crippen LogP contribution in [-0.4, -0.2) is 17.0 Å². The highest BCUT2D eigenvalue weighted by molar-refractivity contribution is 14.1. The van der Waals surface area contributed by atoms with Crippen LogP contribution < -0.4 is 10.1 Å². The number of carboxylic acid groups (broad SMARTS) is 1. The number of halogens is 2. The van der Waals surface area contributed by atoms with Crippen molar-refractivity contribution < 1.29 is 19.4 Å². The van der Waals surface area contributed by atoms with Gasteiger partial charge >= 0.3 is 5.97 Å². The molecule has 26 heavy (non-hydrogen) atoms. The van der Waals surface area contributed by atoms with Crippen molar-refractivity contribution in [3.8, 4) is 5.75 Å². The van der Waals surface area contributed by atoms with Gasteiger partial charge in [-0.05, 0) is 81.4 Å². The molecule has 0 aliphatic rings. The maximum Gasteiger partial charge on any atom is 0.352 e. The molecule has 0 unspecified atom stereocenters. The van der Waals surface area contributed by atoms with Crippen molar-refractivity contribution in [1.29, 1.82) is 0 Å². The van der Waals surface area contributed by atoms with E-state index in [1.807, 2.05) is 37.3 Å². The van der Waals surface area contributed by atoms with Gasteiger partial charge in [0.15, 0.2) is 0 Å². The van der Waals surface area contributed by atoms with Gasteiger partial charge in [0, 0.05) is 6.92 Å². The summed E-state index contributed by atoms with van der Waals surface area (Å²) in [6.45, 7) is 3.76. The molecule has 5 nitrogen and oxygen atoms in total. The van der Waals surface area contributed by atoms with Crippen LogP contribution in [0.1, 0.15) is 23.6 Å². The van der Waals surface area contributed by atoms with Crippen LogP contribution in [0.5, 0.6) is 5.75 Å². The number of benzene rings is 2. The van der Waals surface area contributed by atoms with Crippen LogP contribution in [0.25, 0.3) is 6.08 Å². The SMILES string of the molecule is CC(=O)N/C(=C/c1cc(I)c(OCc2cccc(C)c2)c(I)c1)C(=O)O. The third kappa shape index (κ3) is 5.97. The van der Waals surface area contributed by atoms with Gasteiger partial charge in [0.1, 0.15) is 18.1 Å². The van der Waals surface area contributed by atoms with E-state index in [1.165, 1.54) is 18.6 Å². The van der Waals surface area contributed by atoms with E-state index in [2.05, 4.69) is 56.6 Å². The minimum Gasteiger partial charge on any atom is -0.487 e. The van der Waals surface area contributed by atoms with Crippen LogP contribution in [0.15, 0.2) is 42.1 Å². The van der Waals surface area contributed by atoms with Gasteiger partial charge in [0.05, 0.1) is 7.14 Å². The van der Waals surface area contributed by atoms with E-state index >= 15 is 0 Å². The Kier molecular flexibility index (Phi) is 7.44. The van der Waals surface area contributed by atoms with Gasteiger partial charge in [0.25, 0.3) is 0 Å². The molecule has 2 aromatic rings. The Morgan fingerprint density at radius 1 is 1.19 bits per heavy atom. The normalized spacial score (nSPS) is 11.2. The molecule has 2 N–H and O–H groups in total. The van der Waals surface area contributed by atoms with Crippen LogP contribution >= 0.6 is 45.2 Å². The number of hydrogen-bond donors (Lipinski definition) is 2. The van der Waals surface area contributed by atoms with Crippen LogP contribution in [-0.2, 0) is 16.2 Å². The smallest absolute Gasteiger partial charge is 0.352 e. The van der Waals surface area contributed by atoms with Gasteiger partial charge in [0.2, 0.25) is 5.91 Å². The summed E-state index contributed by atoms with van der Waals surface area (Å²) in [6.07, 6.45) is 1.43. The van der Waals surface area contributed by atoms with Crippen LogP contribution in [0, 0.1) is 14.1 Å². The summed E-state index contributed by atoms with van der Waals surface area (Å²) in [5, 5.41) is 11.5. The third-order valence-corrected chi connectivity index (χ3v) is 4.94. The molecule has 0 heterocycles. The average molecular weight is 577 g/mol. The molecular weight excluding hydrogens is 560 g/mol. The van der Waals surface area contributed by atoms with Gasteiger partial charge in [-0.25, -0.2) is 4.79 Å². The molecule has 1 amide bonds. The molecule has 0 radical (unpaired) electrons. The fourth-order valence-electron chi connectivity index (χ4n) is 2.27. The lowest BCUT2D eigenvalue weighted by Gasteiger charge is -2.12. The quantitative estimate of drug-likeness (QED) is 0.396. The first kappa shape index (κ1) is 20.7. The van der Waals surface area contributed by atoms with Crippen LogP contribution in [0.4, 0.5) is 0 Å². The number of aryl methyl sites for hydroxylation is 1. The van der Waals surface area contributed by atoms with E-state index in [9.17, 15) is 14.7 Å². The molecule has 136 valence electrons. The second-order valence-electron chi connectivity index (χ2n) is 5.64. The number of carboxylic acids is 1. The largest absolute Gasteiger partial charge is 0.487 e. The fourth-order valence-corrected chi connectivity index (χ4v) is 4.39. The van der Waals surface area contributed by atoms with Crippen molar-refractivity contribution >= 4 is 63.1 Å². The van der Waals surface area contributed by atoms with E-state index < -0.39 is 11.9 Å². The first-order valence-electron chi connectivity index (χ1n) is 7.66. The van der Waals surface area contributed by atoms with Crippen molar-refractivity contribution in [2.24, 2.45) is 0 Å². The molecule has 0 fully saturated rings. The Morgan fingerprint density at radius 3 is 2.38 bits per heavy atom. The van der Waals surface area contributed by atoms with Gasteiger partial charge in [-0.15, -0.1) is 0 Å². The van der Waals surface area contributed by atoms with Crippen molar-refractivity contribution in [3.05, 3.63) is 65.9 Å². The molecular formula is C19H17I2NO4. The first-order valence-corrected chi connectivity index (χ1v) is 9.82. The van der Waals surface area contributed by atoms with Gasteiger partial charge in [-0.1, -0.05) is 29.8 Å². The van der Waals surface area contributed by atoms with Gasteiger partial charge in [-0.3, -0.25) is 4.79 Å². The second kappa shape index (κ2) is 9.36. The summed E-state index contributed by atoms with van der Waals surface area (Å²) in [4.78, 5) is 22.4. The molecule has 0 saturated heterocycles. The predicted molar refractivity (Wildman–Crippen MR) is 117 cm³/mol. The van der Waals surface area contributed by atoms with Crippen molar-refractivity contribution in [2.45, 2.75) is 20.5 Å². The summed E-state index contributed by atoms with van der Waals surface area (Å²) < 4.78 is 7.68. The number of rotatable bonds is 6. The third-order valence-electron chi connectivity index (χ3n) is 3.34. The zero-order valence-corrected chi connectivity index (χ0v) is 18.5. The van der Waals surface area contributed by atoms with Crippen molar-refractivity contribution in [1.82, 2.24) is 5.32 Å². The van der Waals surface area contributed by atoms with Gasteiger partial charge < -0.3 is 15.2 Å². The van der Waals surface area contributed by atoms with Crippen LogP contribution in [0.2, 0.25) is 0 Å². The lowest BCUT2D eigenvalue weighted by molar-refractivity contribution is -0.134. The minimum atomic E-state index is -1.19. The second-order valence-corrected chi connectivity index (χ2v) is 7.96. The molecule has 0 spiro atoms. The Morgan fingerprint density at radius 2 is 1.85 bits per heavy atom. The van der Waals surface area contributed by atoms with Crippen molar-refractivity contribution in [3.63, 3.8) is 0 Å². The number of carbonyl (C=O) groups excluding carboxylic acids is 1. The highest BCUT2D eigenvalue weighted by Crippen LogP contribution is 2.30. The number of amides is 1. The van der Waals surface area contributed by atoms with E-state index in [1.54, 1.807) is 0 Å². The molecule has 2 rings (SSSR count). The Labute approximate surface area is 179 Å². The number of ether oxygens (including phenoxy) is 1. The number of nitrogens with one attached hydrogen (secondary N) is 1. The molecule has 0 saturated carbocycles. The molecule has 0 atom stereocenters. The Balaban J connectivity index is 2.24. The summed E-state index contributed by atoms with van der Waals surface area (Å²) in [7, 11) is 0. The highest BCUT2D eigenvalue weighted by Gasteiger charge is 2.12. The minimum absolute atomic E-state index is 0.169. The maximum absolute atomic E-state index is 11.3. The summed E-state index contributed by atoms with van der Waals surface area (Å²) >= 11 is 4.31. The number of hydrogen-bond acceptors (Lipinski definition) is 3. The lowest BCUT2D eigenvalue weighted by Crippen LogP contribution is -2.24. The van der Waals surface area contributed by atoms with E-state index in [0.29, 0.717) is 12.2 Å². The lowest BCUT2D eigenvalue weighted by atomic mass is 10.1. The average Bonchev–Trinajstić information content (AvgIpc) is 2.53. The summed E-state index contributed by atoms with van der Waals surface area (Å²) in [5.74, 6) is -0.868. The molecule has 2 aromatic carbocycles. The standard InChI is InChI=1S/C19H17I2NO4/c1-11-4-3-5-13(6-11)10-26-18-15(20)7-14(8-16(18)21)9-17(19(24)25)22-12(2)23/h3-9H,10H2,1-2H3,(H,22,23)(H,24,25)/b17-9+. The van der Waals surface area contributed by atoms with E-state index in [0.717, 1.165) is 18.5 Å². The van der Waals surface area contributed by atoms with Gasteiger partial charge in [-0.2, -0.15) is 0 Å². The highest BCUT2D eigenvalue weighted by atomic mass is 127. The topological polar surface area (TPSA) is 75.6 Å². The zero-order valence-electron chi connectivity index (χ0n) is 14.2. The fraction of sp³-hybridized carbons (Fsp3) is 0.158. The predicted octanol–water partition coefficient (Wildman–Crippen LogP) is 4.34. The molecule has 0 bridgehead atoms. The Hall–Kier alpha value is -1.62. The number of aliphatic carboxylic acids is 1.